The molecular formula is C18H20N2O. The smallest absolute Gasteiger partial charge is 0.222 e. The highest BCUT2D eigenvalue weighted by Crippen LogP contribution is 2.18. The summed E-state index contributed by atoms with van der Waals surface area (Å²) in [5.74, 6) is 0.293. The predicted molar refractivity (Wildman–Crippen MR) is 83.8 cm³/mol. The van der Waals surface area contributed by atoms with Crippen molar-refractivity contribution in [3.05, 3.63) is 54.2 Å². The second-order valence-corrected chi connectivity index (χ2v) is 5.50. The molecule has 3 nitrogen and oxygen atoms in total. The number of hydrogen-bond acceptors (Lipinski definition) is 2. The molecule has 1 fully saturated rings. The number of rotatable bonds is 4. The zero-order valence-electron chi connectivity index (χ0n) is 12.2. The molecule has 1 aliphatic heterocycles. The van der Waals surface area contributed by atoms with E-state index in [1.807, 2.05) is 23.1 Å². The lowest BCUT2D eigenvalue weighted by Crippen LogP contribution is -2.27. The van der Waals surface area contributed by atoms with Crippen LogP contribution in [0.1, 0.15) is 24.8 Å². The van der Waals surface area contributed by atoms with Crippen LogP contribution < -0.4 is 0 Å². The third kappa shape index (κ3) is 3.48. The van der Waals surface area contributed by atoms with Gasteiger partial charge in [-0.25, -0.2) is 0 Å². The van der Waals surface area contributed by atoms with E-state index in [0.717, 1.165) is 43.6 Å². The zero-order valence-corrected chi connectivity index (χ0v) is 12.2. The Hall–Kier alpha value is -2.16. The van der Waals surface area contributed by atoms with E-state index >= 15 is 0 Å². The predicted octanol–water partition coefficient (Wildman–Crippen LogP) is 3.30. The average molecular weight is 280 g/mol. The highest BCUT2D eigenvalue weighted by Gasteiger charge is 2.17. The first kappa shape index (κ1) is 13.8. The molecular weight excluding hydrogens is 260 g/mol. The minimum Gasteiger partial charge on any atom is -0.343 e. The van der Waals surface area contributed by atoms with Crippen molar-refractivity contribution in [2.24, 2.45) is 0 Å². The molecule has 0 radical (unpaired) electrons. The summed E-state index contributed by atoms with van der Waals surface area (Å²) in [6.45, 7) is 1.88. The average Bonchev–Trinajstić information content (AvgIpc) is 3.08. The lowest BCUT2D eigenvalue weighted by Gasteiger charge is -2.14. The molecule has 0 aliphatic carbocycles. The summed E-state index contributed by atoms with van der Waals surface area (Å²) in [6.07, 6.45) is 5.55. The van der Waals surface area contributed by atoms with Crippen molar-refractivity contribution >= 4 is 5.91 Å². The Balaban J connectivity index is 1.58. The molecule has 2 aromatic rings. The molecule has 1 aromatic carbocycles. The first-order valence-corrected chi connectivity index (χ1v) is 7.61. The van der Waals surface area contributed by atoms with Crippen molar-refractivity contribution < 1.29 is 4.79 Å². The fourth-order valence-corrected chi connectivity index (χ4v) is 2.75. The van der Waals surface area contributed by atoms with Gasteiger partial charge in [-0.05, 0) is 37.0 Å². The lowest BCUT2D eigenvalue weighted by molar-refractivity contribution is -0.130. The summed E-state index contributed by atoms with van der Waals surface area (Å²) in [5.41, 5.74) is 3.31. The SMILES string of the molecule is O=C(CCc1ccc(-c2ccccn2)cc1)N1CCCC1. The highest BCUT2D eigenvalue weighted by molar-refractivity contribution is 5.76. The largest absolute Gasteiger partial charge is 0.343 e. The van der Waals surface area contributed by atoms with E-state index in [4.69, 9.17) is 0 Å². The maximum Gasteiger partial charge on any atom is 0.222 e. The summed E-state index contributed by atoms with van der Waals surface area (Å²) in [7, 11) is 0. The molecule has 0 bridgehead atoms. The second kappa shape index (κ2) is 6.53. The van der Waals surface area contributed by atoms with Crippen molar-refractivity contribution in [1.29, 1.82) is 0 Å². The quantitative estimate of drug-likeness (QED) is 0.861. The Kier molecular flexibility index (Phi) is 4.29. The number of amides is 1. The topological polar surface area (TPSA) is 33.2 Å². The minimum atomic E-state index is 0.293. The van der Waals surface area contributed by atoms with Crippen molar-refractivity contribution in [1.82, 2.24) is 9.88 Å². The fourth-order valence-electron chi connectivity index (χ4n) is 2.75. The fraction of sp³-hybridized carbons (Fsp3) is 0.333. The van der Waals surface area contributed by atoms with E-state index in [-0.39, 0.29) is 0 Å². The number of nitrogens with zero attached hydrogens (tertiary/aromatic N) is 2. The molecule has 2 heterocycles. The Morgan fingerprint density at radius 1 is 1.05 bits per heavy atom. The molecule has 0 saturated carbocycles. The van der Waals surface area contributed by atoms with Crippen molar-refractivity contribution in [2.75, 3.05) is 13.1 Å². The molecule has 1 amide bonds. The summed E-state index contributed by atoms with van der Waals surface area (Å²) >= 11 is 0. The van der Waals surface area contributed by atoms with Crippen LogP contribution in [0.3, 0.4) is 0 Å². The highest BCUT2D eigenvalue weighted by atomic mass is 16.2. The molecule has 1 aromatic heterocycles. The van der Waals surface area contributed by atoms with Crippen LogP contribution in [0.15, 0.2) is 48.7 Å². The van der Waals surface area contributed by atoms with Gasteiger partial charge in [0, 0.05) is 31.3 Å². The summed E-state index contributed by atoms with van der Waals surface area (Å²) in [4.78, 5) is 18.4. The minimum absolute atomic E-state index is 0.293. The molecule has 3 heteroatoms. The first-order chi connectivity index (χ1) is 10.3. The van der Waals surface area contributed by atoms with Crippen molar-refractivity contribution in [3.63, 3.8) is 0 Å². The van der Waals surface area contributed by atoms with Gasteiger partial charge in [0.25, 0.3) is 0 Å². The van der Waals surface area contributed by atoms with Crippen molar-refractivity contribution in [2.45, 2.75) is 25.7 Å². The van der Waals surface area contributed by atoms with Crippen LogP contribution in [0.4, 0.5) is 0 Å². The van der Waals surface area contributed by atoms with E-state index in [9.17, 15) is 4.79 Å². The van der Waals surface area contributed by atoms with Gasteiger partial charge in [-0.2, -0.15) is 0 Å². The van der Waals surface area contributed by atoms with Gasteiger partial charge in [-0.15, -0.1) is 0 Å². The van der Waals surface area contributed by atoms with E-state index in [1.54, 1.807) is 6.20 Å². The Morgan fingerprint density at radius 3 is 2.48 bits per heavy atom. The number of pyridine rings is 1. The molecule has 3 rings (SSSR count). The Labute approximate surface area is 125 Å². The third-order valence-electron chi connectivity index (χ3n) is 4.00. The monoisotopic (exact) mass is 280 g/mol. The van der Waals surface area contributed by atoms with Crippen LogP contribution >= 0.6 is 0 Å². The number of hydrogen-bond donors (Lipinski definition) is 0. The summed E-state index contributed by atoms with van der Waals surface area (Å²) in [6, 6.07) is 14.3. The maximum absolute atomic E-state index is 12.0. The first-order valence-electron chi connectivity index (χ1n) is 7.61. The zero-order chi connectivity index (χ0) is 14.5. The van der Waals surface area contributed by atoms with Gasteiger partial charge in [0.1, 0.15) is 0 Å². The molecule has 108 valence electrons. The molecule has 1 aliphatic rings. The number of carbonyl (C=O) groups excluding carboxylic acids is 1. The number of likely N-dealkylation sites (tertiary alicyclic amines) is 1. The van der Waals surface area contributed by atoms with Crippen LogP contribution in [-0.2, 0) is 11.2 Å². The van der Waals surface area contributed by atoms with Gasteiger partial charge in [-0.3, -0.25) is 9.78 Å². The van der Waals surface area contributed by atoms with Crippen LogP contribution in [0.25, 0.3) is 11.3 Å². The van der Waals surface area contributed by atoms with Crippen LogP contribution in [0, 0.1) is 0 Å². The number of carbonyl (C=O) groups is 1. The number of aromatic nitrogens is 1. The molecule has 21 heavy (non-hydrogen) atoms. The second-order valence-electron chi connectivity index (χ2n) is 5.50. The van der Waals surface area contributed by atoms with Crippen LogP contribution in [-0.4, -0.2) is 28.9 Å². The summed E-state index contributed by atoms with van der Waals surface area (Å²) in [5, 5.41) is 0. The van der Waals surface area contributed by atoms with E-state index in [1.165, 1.54) is 5.56 Å². The van der Waals surface area contributed by atoms with Gasteiger partial charge in [0.05, 0.1) is 5.69 Å². The van der Waals surface area contributed by atoms with Gasteiger partial charge < -0.3 is 4.90 Å². The van der Waals surface area contributed by atoms with Gasteiger partial charge in [-0.1, -0.05) is 30.3 Å². The van der Waals surface area contributed by atoms with Gasteiger partial charge in [0.2, 0.25) is 5.91 Å². The van der Waals surface area contributed by atoms with E-state index in [0.29, 0.717) is 12.3 Å². The van der Waals surface area contributed by atoms with Crippen LogP contribution in [0.5, 0.6) is 0 Å². The third-order valence-corrected chi connectivity index (χ3v) is 4.00. The molecule has 0 N–H and O–H groups in total. The van der Waals surface area contributed by atoms with Gasteiger partial charge >= 0.3 is 0 Å². The molecule has 0 unspecified atom stereocenters. The van der Waals surface area contributed by atoms with Crippen molar-refractivity contribution in [3.8, 4) is 11.3 Å². The lowest BCUT2D eigenvalue weighted by atomic mass is 10.0. The molecule has 0 spiro atoms. The van der Waals surface area contributed by atoms with E-state index in [2.05, 4.69) is 29.2 Å². The molecule has 0 atom stereocenters. The summed E-state index contributed by atoms with van der Waals surface area (Å²) < 4.78 is 0. The molecule has 1 saturated heterocycles. The number of aryl methyl sites for hydroxylation is 1. The number of benzene rings is 1. The Morgan fingerprint density at radius 2 is 1.81 bits per heavy atom. The van der Waals surface area contributed by atoms with Gasteiger partial charge in [0.15, 0.2) is 0 Å². The Bertz CT molecular complexity index is 586. The van der Waals surface area contributed by atoms with Crippen LogP contribution in [0.2, 0.25) is 0 Å². The van der Waals surface area contributed by atoms with E-state index < -0.39 is 0 Å². The normalized spacial score (nSPS) is 14.4. The maximum atomic E-state index is 12.0. The standard InChI is InChI=1S/C18H20N2O/c21-18(20-13-3-4-14-20)11-8-15-6-9-16(10-7-15)17-5-1-2-12-19-17/h1-2,5-7,9-10,12H,3-4,8,11,13-14H2.